The molecule has 0 atom stereocenters. The van der Waals surface area contributed by atoms with Crippen molar-refractivity contribution in [3.8, 4) is 0 Å². The molecule has 1 aliphatic carbocycles. The normalized spacial score (nSPS) is 22.6. The average molecular weight is 504 g/mol. The van der Waals surface area contributed by atoms with E-state index in [1.54, 1.807) is 22.8 Å². The predicted octanol–water partition coefficient (Wildman–Crippen LogP) is 4.22. The Morgan fingerprint density at radius 3 is 2.60 bits per heavy atom. The first kappa shape index (κ1) is 25.2. The van der Waals surface area contributed by atoms with E-state index >= 15 is 0 Å². The molecule has 188 valence electrons. The standard InChI is InChI=1S/C25H31ClFN5O3/c1-14(2)32(23(34)21-20(22(28)33)29-13-30-21)16-5-8-25(9-6-16)7-4-10-31(24(25)35)19-11-15(3)18(27)12-17(19)26/h11-14,16H,4-10H2,1-3H3,(H2,28,33)(H,29,30)/t16-,25-. The molecule has 1 aromatic carbocycles. The Morgan fingerprint density at radius 2 is 1.97 bits per heavy atom. The molecule has 35 heavy (non-hydrogen) atoms. The number of nitrogens with zero attached hydrogens (tertiary/aromatic N) is 3. The maximum Gasteiger partial charge on any atom is 0.275 e. The highest BCUT2D eigenvalue weighted by Gasteiger charge is 2.48. The number of hydrogen-bond donors (Lipinski definition) is 2. The van der Waals surface area contributed by atoms with Crippen LogP contribution in [0.4, 0.5) is 10.1 Å². The highest BCUT2D eigenvalue weighted by Crippen LogP contribution is 2.47. The molecular formula is C25H31ClFN5O3. The van der Waals surface area contributed by atoms with Crippen LogP contribution in [0.3, 0.4) is 0 Å². The number of primary amides is 1. The molecule has 8 nitrogen and oxygen atoms in total. The highest BCUT2D eigenvalue weighted by atomic mass is 35.5. The fraction of sp³-hybridized carbons (Fsp3) is 0.520. The number of amides is 3. The summed E-state index contributed by atoms with van der Waals surface area (Å²) in [6, 6.07) is 2.68. The molecule has 2 aliphatic rings. The molecule has 1 aliphatic heterocycles. The van der Waals surface area contributed by atoms with Crippen LogP contribution in [0.1, 0.15) is 78.9 Å². The van der Waals surface area contributed by atoms with Gasteiger partial charge in [-0.2, -0.15) is 0 Å². The van der Waals surface area contributed by atoms with Crippen molar-refractivity contribution in [2.75, 3.05) is 11.4 Å². The van der Waals surface area contributed by atoms with Crippen molar-refractivity contribution >= 4 is 35.0 Å². The number of nitrogens with two attached hydrogens (primary N) is 1. The number of anilines is 1. The molecule has 1 saturated heterocycles. The van der Waals surface area contributed by atoms with Crippen molar-refractivity contribution in [3.63, 3.8) is 0 Å². The van der Waals surface area contributed by atoms with E-state index in [9.17, 15) is 18.8 Å². The van der Waals surface area contributed by atoms with Gasteiger partial charge in [0.15, 0.2) is 5.69 Å². The second-order valence-electron chi connectivity index (χ2n) is 9.92. The largest absolute Gasteiger partial charge is 0.364 e. The first-order chi connectivity index (χ1) is 16.6. The van der Waals surface area contributed by atoms with Gasteiger partial charge in [0, 0.05) is 24.0 Å². The van der Waals surface area contributed by atoms with E-state index in [0.29, 0.717) is 43.5 Å². The van der Waals surface area contributed by atoms with Crippen LogP contribution in [0.15, 0.2) is 18.5 Å². The number of aromatic nitrogens is 2. The number of hydrogen-bond acceptors (Lipinski definition) is 4. The van der Waals surface area contributed by atoms with Gasteiger partial charge in [-0.1, -0.05) is 11.6 Å². The molecule has 0 unspecified atom stereocenters. The molecule has 2 aromatic rings. The third-order valence-electron chi connectivity index (χ3n) is 7.44. The number of imidazole rings is 1. The molecule has 2 fully saturated rings. The minimum Gasteiger partial charge on any atom is -0.364 e. The summed E-state index contributed by atoms with van der Waals surface area (Å²) in [5, 5.41) is 0.230. The van der Waals surface area contributed by atoms with Crippen molar-refractivity contribution in [2.24, 2.45) is 11.1 Å². The Balaban J connectivity index is 1.54. The minimum absolute atomic E-state index is 0.00231. The van der Waals surface area contributed by atoms with E-state index in [-0.39, 0.29) is 40.3 Å². The summed E-state index contributed by atoms with van der Waals surface area (Å²) >= 11 is 6.33. The summed E-state index contributed by atoms with van der Waals surface area (Å²) in [6.45, 7) is 6.04. The van der Waals surface area contributed by atoms with Gasteiger partial charge in [0.2, 0.25) is 5.91 Å². The molecule has 1 aromatic heterocycles. The van der Waals surface area contributed by atoms with Gasteiger partial charge in [-0.15, -0.1) is 0 Å². The lowest BCUT2D eigenvalue weighted by Crippen LogP contribution is -2.54. The summed E-state index contributed by atoms with van der Waals surface area (Å²) in [6.07, 6.45) is 5.44. The summed E-state index contributed by atoms with van der Waals surface area (Å²) in [7, 11) is 0. The highest BCUT2D eigenvalue weighted by molar-refractivity contribution is 6.34. The van der Waals surface area contributed by atoms with E-state index in [1.165, 1.54) is 12.4 Å². The van der Waals surface area contributed by atoms with Gasteiger partial charge < -0.3 is 20.5 Å². The number of carbonyl (C=O) groups excluding carboxylic acids is 3. The van der Waals surface area contributed by atoms with Gasteiger partial charge in [-0.25, -0.2) is 9.37 Å². The molecule has 3 N–H and O–H groups in total. The number of aryl methyl sites for hydroxylation is 1. The van der Waals surface area contributed by atoms with Crippen LogP contribution in [0.25, 0.3) is 0 Å². The smallest absolute Gasteiger partial charge is 0.275 e. The molecule has 10 heteroatoms. The van der Waals surface area contributed by atoms with Crippen molar-refractivity contribution < 1.29 is 18.8 Å². The van der Waals surface area contributed by atoms with Crippen LogP contribution < -0.4 is 10.6 Å². The Morgan fingerprint density at radius 1 is 1.29 bits per heavy atom. The third kappa shape index (κ3) is 4.53. The molecule has 0 radical (unpaired) electrons. The second kappa shape index (κ2) is 9.60. The number of nitrogens with one attached hydrogen (secondary N) is 1. The minimum atomic E-state index is -0.736. The Bertz CT molecular complexity index is 1160. The van der Waals surface area contributed by atoms with Crippen LogP contribution >= 0.6 is 11.6 Å². The Hall–Kier alpha value is -2.94. The van der Waals surface area contributed by atoms with Gasteiger partial charge in [0.1, 0.15) is 11.5 Å². The number of halogens is 2. The van der Waals surface area contributed by atoms with Crippen LogP contribution in [-0.2, 0) is 4.79 Å². The SMILES string of the molecule is Cc1cc(N2CCC[C@]3(CC[C@@H](N(C(=O)c4nc[nH]c4C(N)=O)C(C)C)CC3)C2=O)c(Cl)cc1F. The van der Waals surface area contributed by atoms with Crippen LogP contribution in [0.5, 0.6) is 0 Å². The number of carbonyl (C=O) groups is 3. The van der Waals surface area contributed by atoms with Gasteiger partial charge in [0.05, 0.1) is 17.0 Å². The second-order valence-corrected chi connectivity index (χ2v) is 10.3. The lowest BCUT2D eigenvalue weighted by molar-refractivity contribution is -0.133. The van der Waals surface area contributed by atoms with E-state index in [2.05, 4.69) is 9.97 Å². The number of aromatic amines is 1. The topological polar surface area (TPSA) is 112 Å². The first-order valence-electron chi connectivity index (χ1n) is 12.0. The fourth-order valence-electron chi connectivity index (χ4n) is 5.63. The maximum absolute atomic E-state index is 13.9. The quantitative estimate of drug-likeness (QED) is 0.636. The monoisotopic (exact) mass is 503 g/mol. The molecule has 4 rings (SSSR count). The van der Waals surface area contributed by atoms with E-state index in [4.69, 9.17) is 17.3 Å². The van der Waals surface area contributed by atoms with Crippen molar-refractivity contribution in [1.29, 1.82) is 0 Å². The zero-order valence-corrected chi connectivity index (χ0v) is 21.0. The van der Waals surface area contributed by atoms with Crippen LogP contribution in [0.2, 0.25) is 5.02 Å². The zero-order chi connectivity index (χ0) is 25.5. The molecule has 0 bridgehead atoms. The van der Waals surface area contributed by atoms with Gasteiger partial charge >= 0.3 is 0 Å². The molecular weight excluding hydrogens is 473 g/mol. The molecule has 2 heterocycles. The maximum atomic E-state index is 13.9. The molecule has 3 amide bonds. The van der Waals surface area contributed by atoms with Crippen molar-refractivity contribution in [2.45, 2.75) is 71.4 Å². The number of H-pyrrole nitrogens is 1. The van der Waals surface area contributed by atoms with Gasteiger partial charge in [0.25, 0.3) is 11.8 Å². The predicted molar refractivity (Wildman–Crippen MR) is 131 cm³/mol. The number of rotatable bonds is 5. The van der Waals surface area contributed by atoms with Crippen molar-refractivity contribution in [1.82, 2.24) is 14.9 Å². The van der Waals surface area contributed by atoms with E-state index in [0.717, 1.165) is 12.8 Å². The molecule has 1 spiro atoms. The van der Waals surface area contributed by atoms with E-state index in [1.807, 2.05) is 13.8 Å². The van der Waals surface area contributed by atoms with Crippen LogP contribution in [0, 0.1) is 18.2 Å². The lowest BCUT2D eigenvalue weighted by Gasteiger charge is -2.48. The summed E-state index contributed by atoms with van der Waals surface area (Å²) in [5.41, 5.74) is 5.88. The summed E-state index contributed by atoms with van der Waals surface area (Å²) in [4.78, 5) is 48.9. The number of piperidine rings is 1. The molecule has 1 saturated carbocycles. The number of benzene rings is 1. The van der Waals surface area contributed by atoms with Gasteiger partial charge in [-0.05, 0) is 77.0 Å². The third-order valence-corrected chi connectivity index (χ3v) is 7.74. The average Bonchev–Trinajstić information content (AvgIpc) is 3.30. The lowest BCUT2D eigenvalue weighted by atomic mass is 9.67. The fourth-order valence-corrected chi connectivity index (χ4v) is 5.89. The Labute approximate surface area is 209 Å². The van der Waals surface area contributed by atoms with Crippen molar-refractivity contribution in [3.05, 3.63) is 46.3 Å². The zero-order valence-electron chi connectivity index (χ0n) is 20.2. The first-order valence-corrected chi connectivity index (χ1v) is 12.4. The summed E-state index contributed by atoms with van der Waals surface area (Å²) in [5.74, 6) is -1.46. The van der Waals surface area contributed by atoms with E-state index < -0.39 is 17.1 Å². The van der Waals surface area contributed by atoms with Gasteiger partial charge in [-0.3, -0.25) is 14.4 Å². The Kier molecular flexibility index (Phi) is 6.90. The summed E-state index contributed by atoms with van der Waals surface area (Å²) < 4.78 is 13.9. The van der Waals surface area contributed by atoms with Crippen LogP contribution in [-0.4, -0.2) is 51.2 Å².